The molecule has 4 N–H and O–H groups in total. The maximum absolute atomic E-state index is 13.5. The second-order valence-electron chi connectivity index (χ2n) is 10.9. The molecule has 7 atom stereocenters. The van der Waals surface area contributed by atoms with Gasteiger partial charge >= 0.3 is 5.97 Å². The number of phenolic OH excluding ortho intramolecular Hbond substituents is 1. The van der Waals surface area contributed by atoms with Gasteiger partial charge in [-0.05, 0) is 39.1 Å². The van der Waals surface area contributed by atoms with Gasteiger partial charge in [-0.3, -0.25) is 14.4 Å². The normalized spacial score (nSPS) is 32.0. The third kappa shape index (κ3) is 4.27. The number of aromatic hydroxyl groups is 1. The first-order valence-corrected chi connectivity index (χ1v) is 13.1. The van der Waals surface area contributed by atoms with E-state index < -0.39 is 59.4 Å². The Hall–Kier alpha value is -3.15. The summed E-state index contributed by atoms with van der Waals surface area (Å²) < 4.78 is 12.3. The molecule has 1 saturated heterocycles. The van der Waals surface area contributed by atoms with Gasteiger partial charge in [0.2, 0.25) is 0 Å². The van der Waals surface area contributed by atoms with Gasteiger partial charge in [0.15, 0.2) is 17.9 Å². The first-order chi connectivity index (χ1) is 18.4. The van der Waals surface area contributed by atoms with E-state index in [0.29, 0.717) is 6.42 Å². The van der Waals surface area contributed by atoms with E-state index in [1.807, 2.05) is 19.0 Å². The summed E-state index contributed by atoms with van der Waals surface area (Å²) in [4.78, 5) is 41.3. The summed E-state index contributed by atoms with van der Waals surface area (Å²) in [5, 5.41) is 43.8. The molecule has 0 radical (unpaired) electrons. The Bertz CT molecular complexity index is 1350. The van der Waals surface area contributed by atoms with Gasteiger partial charge in [0.25, 0.3) is 0 Å². The fraction of sp³-hybridized carbons (Fsp3) is 0.483. The minimum atomic E-state index is -1.82. The molecule has 3 aliphatic rings. The van der Waals surface area contributed by atoms with E-state index in [9.17, 15) is 34.8 Å². The number of ether oxygens (including phenoxy) is 2. The highest BCUT2D eigenvalue weighted by Crippen LogP contribution is 2.53. The highest BCUT2D eigenvalue weighted by atomic mass is 16.7. The van der Waals surface area contributed by atoms with Crippen LogP contribution in [0.4, 0.5) is 0 Å². The molecule has 39 heavy (non-hydrogen) atoms. The molecular weight excluding hydrogens is 506 g/mol. The van der Waals surface area contributed by atoms with Gasteiger partial charge in [0.1, 0.15) is 11.7 Å². The van der Waals surface area contributed by atoms with E-state index in [1.54, 1.807) is 26.0 Å². The summed E-state index contributed by atoms with van der Waals surface area (Å²) in [5.41, 5.74) is -1.78. The zero-order chi connectivity index (χ0) is 28.4. The maximum atomic E-state index is 13.5. The quantitative estimate of drug-likeness (QED) is 0.380. The van der Waals surface area contributed by atoms with Crippen molar-refractivity contribution in [2.75, 3.05) is 14.1 Å². The number of nitrogens with zero attached hydrogens (tertiary/aromatic N) is 1. The van der Waals surface area contributed by atoms with Crippen molar-refractivity contribution < 1.29 is 44.3 Å². The Morgan fingerprint density at radius 1 is 1.15 bits per heavy atom. The minimum Gasteiger partial charge on any atom is -0.507 e. The number of likely N-dealkylation sites (N-methyl/N-ethyl adjacent to an activating group) is 1. The van der Waals surface area contributed by atoms with Crippen LogP contribution in [-0.4, -0.2) is 87.1 Å². The zero-order valence-electron chi connectivity index (χ0n) is 22.2. The van der Waals surface area contributed by atoms with Crippen LogP contribution in [0.1, 0.15) is 88.1 Å². The van der Waals surface area contributed by atoms with Gasteiger partial charge in [-0.1, -0.05) is 31.2 Å². The molecule has 208 valence electrons. The Morgan fingerprint density at radius 2 is 1.79 bits per heavy atom. The highest BCUT2D eigenvalue weighted by Gasteiger charge is 2.53. The lowest BCUT2D eigenvalue weighted by Gasteiger charge is -2.46. The van der Waals surface area contributed by atoms with Gasteiger partial charge in [-0.25, -0.2) is 0 Å². The number of carboxylic acid groups (broad SMARTS) is 1. The van der Waals surface area contributed by atoms with Crippen LogP contribution in [0.15, 0.2) is 30.3 Å². The van der Waals surface area contributed by atoms with Crippen molar-refractivity contribution in [1.82, 2.24) is 4.90 Å². The minimum absolute atomic E-state index is 0.0243. The Kier molecular flexibility index (Phi) is 6.89. The molecule has 2 aromatic carbocycles. The van der Waals surface area contributed by atoms with Crippen molar-refractivity contribution in [3.8, 4) is 5.75 Å². The molecule has 10 nitrogen and oxygen atoms in total. The van der Waals surface area contributed by atoms with E-state index in [1.165, 1.54) is 18.2 Å². The number of aliphatic hydroxyl groups excluding tert-OH is 1. The Balaban J connectivity index is 1.66. The lowest BCUT2D eigenvalue weighted by Crippen LogP contribution is -2.54. The van der Waals surface area contributed by atoms with Crippen LogP contribution in [0.5, 0.6) is 5.75 Å². The number of carboxylic acids is 1. The third-order valence-electron chi connectivity index (χ3n) is 8.49. The molecule has 2 aliphatic carbocycles. The predicted molar refractivity (Wildman–Crippen MR) is 138 cm³/mol. The van der Waals surface area contributed by atoms with Crippen molar-refractivity contribution >= 4 is 17.5 Å². The summed E-state index contributed by atoms with van der Waals surface area (Å²) >= 11 is 0. The second-order valence-corrected chi connectivity index (χ2v) is 10.9. The fourth-order valence-corrected chi connectivity index (χ4v) is 6.29. The lowest BCUT2D eigenvalue weighted by molar-refractivity contribution is -0.258. The van der Waals surface area contributed by atoms with Crippen LogP contribution in [0.25, 0.3) is 0 Å². The van der Waals surface area contributed by atoms with E-state index in [-0.39, 0.29) is 52.3 Å². The number of benzene rings is 2. The van der Waals surface area contributed by atoms with Crippen LogP contribution in [0.2, 0.25) is 0 Å². The smallest absolute Gasteiger partial charge is 0.314 e. The van der Waals surface area contributed by atoms with Crippen LogP contribution >= 0.6 is 0 Å². The van der Waals surface area contributed by atoms with E-state index in [2.05, 4.69) is 0 Å². The molecule has 5 rings (SSSR count). The van der Waals surface area contributed by atoms with Crippen molar-refractivity contribution in [3.05, 3.63) is 63.7 Å². The zero-order valence-corrected chi connectivity index (χ0v) is 22.2. The van der Waals surface area contributed by atoms with E-state index in [4.69, 9.17) is 9.47 Å². The maximum Gasteiger partial charge on any atom is 0.314 e. The molecule has 0 amide bonds. The Labute approximate surface area is 225 Å². The van der Waals surface area contributed by atoms with Crippen molar-refractivity contribution in [3.63, 3.8) is 0 Å². The van der Waals surface area contributed by atoms with E-state index >= 15 is 0 Å². The summed E-state index contributed by atoms with van der Waals surface area (Å²) in [6, 6.07) is 7.39. The number of aliphatic hydroxyl groups is 2. The van der Waals surface area contributed by atoms with Crippen LogP contribution in [-0.2, 0) is 14.3 Å². The predicted octanol–water partition coefficient (Wildman–Crippen LogP) is 2.36. The SMILES string of the molecule is CC[C@@]1(O)C[C@H](O[C@H]2C[C@H](N(C)C)[C@H](O)[C@H](C)O2)c2cc3c(c(O)c2[C@H]1C(=O)O)C(=O)c1ccccc1C3=O. The molecule has 1 aliphatic heterocycles. The highest BCUT2D eigenvalue weighted by molar-refractivity contribution is 6.29. The number of ketones is 2. The van der Waals surface area contributed by atoms with Crippen molar-refractivity contribution in [2.24, 2.45) is 0 Å². The molecule has 2 aromatic rings. The molecule has 0 aromatic heterocycles. The van der Waals surface area contributed by atoms with Gasteiger partial charge in [0.05, 0.1) is 29.5 Å². The number of rotatable bonds is 5. The van der Waals surface area contributed by atoms with Crippen molar-refractivity contribution in [1.29, 1.82) is 0 Å². The average molecular weight is 540 g/mol. The summed E-state index contributed by atoms with van der Waals surface area (Å²) in [7, 11) is 3.66. The topological polar surface area (TPSA) is 154 Å². The molecule has 0 spiro atoms. The van der Waals surface area contributed by atoms with Gasteiger partial charge in [-0.2, -0.15) is 0 Å². The number of hydrogen-bond donors (Lipinski definition) is 4. The monoisotopic (exact) mass is 539 g/mol. The number of phenols is 1. The van der Waals surface area contributed by atoms with Gasteiger partial charge in [0, 0.05) is 41.1 Å². The third-order valence-corrected chi connectivity index (χ3v) is 8.49. The van der Waals surface area contributed by atoms with Gasteiger partial charge in [-0.15, -0.1) is 0 Å². The number of aliphatic carboxylic acids is 1. The van der Waals surface area contributed by atoms with Crippen LogP contribution in [0, 0.1) is 0 Å². The molecular formula is C29H33NO9. The second kappa shape index (κ2) is 9.79. The summed E-state index contributed by atoms with van der Waals surface area (Å²) in [6.07, 6.45) is -2.95. The largest absolute Gasteiger partial charge is 0.507 e. The molecule has 0 saturated carbocycles. The molecule has 10 heteroatoms. The van der Waals surface area contributed by atoms with Crippen LogP contribution in [0.3, 0.4) is 0 Å². The van der Waals surface area contributed by atoms with Gasteiger partial charge < -0.3 is 34.8 Å². The van der Waals surface area contributed by atoms with Crippen LogP contribution < -0.4 is 0 Å². The number of fused-ring (bicyclic) bond motifs is 3. The number of hydrogen-bond acceptors (Lipinski definition) is 9. The Morgan fingerprint density at radius 3 is 2.38 bits per heavy atom. The van der Waals surface area contributed by atoms with Crippen molar-refractivity contribution in [2.45, 2.75) is 75.3 Å². The molecule has 1 heterocycles. The number of carbonyl (C=O) groups is 3. The lowest BCUT2D eigenvalue weighted by atomic mass is 9.67. The summed E-state index contributed by atoms with van der Waals surface area (Å²) in [5.74, 6) is -4.64. The van der Waals surface area contributed by atoms with E-state index in [0.717, 1.165) is 0 Å². The summed E-state index contributed by atoms with van der Waals surface area (Å²) in [6.45, 7) is 3.36. The first-order valence-electron chi connectivity index (χ1n) is 13.1. The first kappa shape index (κ1) is 27.4. The molecule has 1 fully saturated rings. The average Bonchev–Trinajstić information content (AvgIpc) is 2.89. The molecule has 0 bridgehead atoms. The molecule has 0 unspecified atom stereocenters. The number of carbonyl (C=O) groups excluding carboxylic acids is 2. The standard InChI is InChI=1S/C29H33NO9/c1-5-29(37)12-19(39-20-11-18(30(3)4)24(31)13(2)38-20)16-10-17-22(27(34)21(16)23(29)28(35)36)26(33)15-9-7-6-8-14(15)25(17)32/h6-10,13,18-20,23-24,31,34,37H,5,11-12H2,1-4H3,(H,35,36)/t13-,18-,19-,20-,23-,24+,29+/m0/s1. The fourth-order valence-electron chi connectivity index (χ4n) is 6.29.